The van der Waals surface area contributed by atoms with E-state index in [1.807, 2.05) is 12.1 Å². The third-order valence-corrected chi connectivity index (χ3v) is 4.82. The lowest BCUT2D eigenvalue weighted by molar-refractivity contribution is -0.0244. The van der Waals surface area contributed by atoms with E-state index in [0.29, 0.717) is 6.42 Å². The number of aliphatic hydroxyl groups is 1. The van der Waals surface area contributed by atoms with Gasteiger partial charge in [0.15, 0.2) is 0 Å². The number of hydrogen-bond donors (Lipinski definition) is 2. The molecule has 0 amide bonds. The van der Waals surface area contributed by atoms with Gasteiger partial charge in [0.25, 0.3) is 0 Å². The molecule has 112 valence electrons. The molecule has 0 aromatic heterocycles. The van der Waals surface area contributed by atoms with Gasteiger partial charge in [-0.15, -0.1) is 0 Å². The molecule has 1 atom stereocenters. The summed E-state index contributed by atoms with van der Waals surface area (Å²) in [7, 11) is 0. The van der Waals surface area contributed by atoms with Gasteiger partial charge in [-0.3, -0.25) is 4.90 Å². The van der Waals surface area contributed by atoms with E-state index < -0.39 is 0 Å². The predicted octanol–water partition coefficient (Wildman–Crippen LogP) is 2.95. The van der Waals surface area contributed by atoms with Crippen molar-refractivity contribution in [3.63, 3.8) is 0 Å². The Morgan fingerprint density at radius 1 is 1.20 bits per heavy atom. The van der Waals surface area contributed by atoms with Gasteiger partial charge in [0.05, 0.1) is 6.10 Å². The summed E-state index contributed by atoms with van der Waals surface area (Å²) in [6.07, 6.45) is 4.81. The fraction of sp³-hybridized carbons (Fsp3) is 0.647. The Balaban J connectivity index is 2.17. The van der Waals surface area contributed by atoms with Crippen LogP contribution >= 0.6 is 0 Å². The number of aliphatic hydroxyl groups excluding tert-OH is 1. The van der Waals surface area contributed by atoms with E-state index in [-0.39, 0.29) is 17.4 Å². The maximum Gasteiger partial charge on any atom is 0.115 e. The van der Waals surface area contributed by atoms with Gasteiger partial charge in [-0.2, -0.15) is 0 Å². The van der Waals surface area contributed by atoms with Crippen LogP contribution in [0.3, 0.4) is 0 Å². The zero-order chi connectivity index (χ0) is 14.6. The monoisotopic (exact) mass is 277 g/mol. The van der Waals surface area contributed by atoms with Crippen LogP contribution in [-0.2, 0) is 6.42 Å². The summed E-state index contributed by atoms with van der Waals surface area (Å²) in [5.74, 6) is 0.276. The number of hydrogen-bond acceptors (Lipinski definition) is 3. The van der Waals surface area contributed by atoms with Gasteiger partial charge in [0, 0.05) is 12.0 Å². The normalized spacial score (nSPS) is 19.4. The molecule has 0 bridgehead atoms. The number of benzene rings is 1. The number of phenolic OH excluding ortho intramolecular Hbond substituents is 1. The van der Waals surface area contributed by atoms with E-state index >= 15 is 0 Å². The lowest BCUT2D eigenvalue weighted by atomic mass is 9.84. The van der Waals surface area contributed by atoms with Crippen LogP contribution in [0.1, 0.15) is 45.1 Å². The zero-order valence-electron chi connectivity index (χ0n) is 12.7. The van der Waals surface area contributed by atoms with Gasteiger partial charge >= 0.3 is 0 Å². The minimum atomic E-state index is -0.369. The molecule has 1 saturated carbocycles. The maximum absolute atomic E-state index is 10.9. The SMILES string of the molecule is CCN(CC)C1(C(O)Cc2cccc(O)c2)CCCC1. The molecule has 0 radical (unpaired) electrons. The lowest BCUT2D eigenvalue weighted by Crippen LogP contribution is -2.55. The van der Waals surface area contributed by atoms with Crippen LogP contribution in [0.2, 0.25) is 0 Å². The minimum absolute atomic E-state index is 0.0744. The highest BCUT2D eigenvalue weighted by molar-refractivity contribution is 5.28. The molecule has 2 rings (SSSR count). The van der Waals surface area contributed by atoms with Gasteiger partial charge in [0.2, 0.25) is 0 Å². The Morgan fingerprint density at radius 3 is 2.40 bits per heavy atom. The summed E-state index contributed by atoms with van der Waals surface area (Å²) >= 11 is 0. The van der Waals surface area contributed by atoms with Crippen molar-refractivity contribution in [2.45, 2.75) is 57.6 Å². The first kappa shape index (κ1) is 15.3. The van der Waals surface area contributed by atoms with E-state index in [2.05, 4.69) is 18.7 Å². The third kappa shape index (κ3) is 2.99. The summed E-state index contributed by atoms with van der Waals surface area (Å²) < 4.78 is 0. The summed E-state index contributed by atoms with van der Waals surface area (Å²) in [6, 6.07) is 7.25. The van der Waals surface area contributed by atoms with Crippen LogP contribution in [0.4, 0.5) is 0 Å². The Hall–Kier alpha value is -1.06. The molecule has 0 aliphatic heterocycles. The number of phenols is 1. The van der Waals surface area contributed by atoms with Crippen molar-refractivity contribution in [2.75, 3.05) is 13.1 Å². The van der Waals surface area contributed by atoms with Crippen molar-refractivity contribution in [2.24, 2.45) is 0 Å². The Morgan fingerprint density at radius 2 is 1.85 bits per heavy atom. The summed E-state index contributed by atoms with van der Waals surface area (Å²) in [6.45, 7) is 6.30. The van der Waals surface area contributed by atoms with Crippen LogP contribution < -0.4 is 0 Å². The highest BCUT2D eigenvalue weighted by atomic mass is 16.3. The third-order valence-electron chi connectivity index (χ3n) is 4.82. The smallest absolute Gasteiger partial charge is 0.115 e. The second-order valence-electron chi connectivity index (χ2n) is 5.87. The molecule has 1 unspecified atom stereocenters. The quantitative estimate of drug-likeness (QED) is 0.840. The topological polar surface area (TPSA) is 43.7 Å². The van der Waals surface area contributed by atoms with Crippen molar-refractivity contribution >= 4 is 0 Å². The van der Waals surface area contributed by atoms with Gasteiger partial charge in [-0.1, -0.05) is 38.8 Å². The first-order valence-electron chi connectivity index (χ1n) is 7.83. The molecular weight excluding hydrogens is 250 g/mol. The number of aromatic hydroxyl groups is 1. The molecule has 3 nitrogen and oxygen atoms in total. The van der Waals surface area contributed by atoms with Crippen LogP contribution in [0.15, 0.2) is 24.3 Å². The predicted molar refractivity (Wildman–Crippen MR) is 81.9 cm³/mol. The maximum atomic E-state index is 10.9. The molecule has 1 aromatic carbocycles. The van der Waals surface area contributed by atoms with Crippen LogP contribution in [0.25, 0.3) is 0 Å². The van der Waals surface area contributed by atoms with E-state index in [9.17, 15) is 10.2 Å². The van der Waals surface area contributed by atoms with E-state index in [1.54, 1.807) is 12.1 Å². The van der Waals surface area contributed by atoms with Gasteiger partial charge < -0.3 is 10.2 Å². The highest BCUT2D eigenvalue weighted by Gasteiger charge is 2.44. The second-order valence-corrected chi connectivity index (χ2v) is 5.87. The summed E-state index contributed by atoms with van der Waals surface area (Å²) in [5, 5.41) is 20.4. The van der Waals surface area contributed by atoms with Crippen molar-refractivity contribution in [3.8, 4) is 5.75 Å². The Labute approximate surface area is 122 Å². The molecular formula is C17H27NO2. The largest absolute Gasteiger partial charge is 0.508 e. The minimum Gasteiger partial charge on any atom is -0.508 e. The van der Waals surface area contributed by atoms with E-state index in [0.717, 1.165) is 31.5 Å². The van der Waals surface area contributed by atoms with Crippen LogP contribution in [0, 0.1) is 0 Å². The number of rotatable bonds is 6. The van der Waals surface area contributed by atoms with Crippen LogP contribution in [0.5, 0.6) is 5.75 Å². The average Bonchev–Trinajstić information content (AvgIpc) is 2.91. The Kier molecular flexibility index (Phi) is 5.06. The standard InChI is InChI=1S/C17H27NO2/c1-3-18(4-2)17(10-5-6-11-17)16(20)13-14-8-7-9-15(19)12-14/h7-9,12,16,19-20H,3-6,10-11,13H2,1-2H3. The molecule has 2 N–H and O–H groups in total. The molecule has 1 aliphatic carbocycles. The summed E-state index contributed by atoms with van der Waals surface area (Å²) in [4.78, 5) is 2.42. The van der Waals surface area contributed by atoms with Crippen molar-refractivity contribution in [3.05, 3.63) is 29.8 Å². The molecule has 1 fully saturated rings. The first-order valence-corrected chi connectivity index (χ1v) is 7.83. The molecule has 20 heavy (non-hydrogen) atoms. The molecule has 0 heterocycles. The fourth-order valence-corrected chi connectivity index (χ4v) is 3.80. The summed E-state index contributed by atoms with van der Waals surface area (Å²) in [5.41, 5.74) is 0.936. The lowest BCUT2D eigenvalue weighted by Gasteiger charge is -2.44. The zero-order valence-corrected chi connectivity index (χ0v) is 12.7. The average molecular weight is 277 g/mol. The van der Waals surface area contributed by atoms with Gasteiger partial charge in [0.1, 0.15) is 5.75 Å². The van der Waals surface area contributed by atoms with E-state index in [1.165, 1.54) is 12.8 Å². The number of likely N-dealkylation sites (N-methyl/N-ethyl adjacent to an activating group) is 1. The molecule has 0 spiro atoms. The molecule has 0 saturated heterocycles. The van der Waals surface area contributed by atoms with Crippen molar-refractivity contribution < 1.29 is 10.2 Å². The van der Waals surface area contributed by atoms with Crippen molar-refractivity contribution in [1.29, 1.82) is 0 Å². The second kappa shape index (κ2) is 6.59. The van der Waals surface area contributed by atoms with Crippen molar-refractivity contribution in [1.82, 2.24) is 4.90 Å². The van der Waals surface area contributed by atoms with E-state index in [4.69, 9.17) is 0 Å². The van der Waals surface area contributed by atoms with Gasteiger partial charge in [-0.25, -0.2) is 0 Å². The fourth-order valence-electron chi connectivity index (χ4n) is 3.80. The molecule has 3 heteroatoms. The number of nitrogens with zero attached hydrogens (tertiary/aromatic N) is 1. The Bertz CT molecular complexity index is 423. The highest BCUT2D eigenvalue weighted by Crippen LogP contribution is 2.39. The van der Waals surface area contributed by atoms with Gasteiger partial charge in [-0.05, 0) is 43.6 Å². The van der Waals surface area contributed by atoms with Crippen LogP contribution in [-0.4, -0.2) is 39.8 Å². The molecule has 1 aliphatic rings. The first-order chi connectivity index (χ1) is 9.62. The molecule has 1 aromatic rings.